The van der Waals surface area contributed by atoms with Crippen LogP contribution in [0.15, 0.2) is 53.9 Å². The molecule has 3 rings (SSSR count). The van der Waals surface area contributed by atoms with Crippen molar-refractivity contribution in [1.82, 2.24) is 4.98 Å². The first kappa shape index (κ1) is 21.7. The summed E-state index contributed by atoms with van der Waals surface area (Å²) in [5.74, 6) is -1.62. The number of nitrogens with one attached hydrogen (secondary N) is 2. The molecule has 0 aliphatic rings. The number of aromatic nitrogens is 1. The quantitative estimate of drug-likeness (QED) is 0.546. The molecule has 0 fully saturated rings. The van der Waals surface area contributed by atoms with Gasteiger partial charge in [0.15, 0.2) is 11.7 Å². The fourth-order valence-corrected chi connectivity index (χ4v) is 3.26. The predicted octanol–water partition coefficient (Wildman–Crippen LogP) is 3.77. The van der Waals surface area contributed by atoms with E-state index in [-0.39, 0.29) is 12.0 Å². The molecule has 0 radical (unpaired) electrons. The fraction of sp³-hybridized carbons (Fsp3) is 0.136. The van der Waals surface area contributed by atoms with E-state index < -0.39 is 24.4 Å². The van der Waals surface area contributed by atoms with Crippen molar-refractivity contribution < 1.29 is 19.1 Å². The van der Waals surface area contributed by atoms with E-state index in [0.29, 0.717) is 10.8 Å². The van der Waals surface area contributed by atoms with Gasteiger partial charge >= 0.3 is 5.97 Å². The zero-order valence-electron chi connectivity index (χ0n) is 16.5. The van der Waals surface area contributed by atoms with Crippen molar-refractivity contribution in [3.8, 4) is 17.3 Å². The first-order valence-corrected chi connectivity index (χ1v) is 10.1. The molecule has 2 aromatic carbocycles. The maximum Gasteiger partial charge on any atom is 0.338 e. The van der Waals surface area contributed by atoms with Gasteiger partial charge in [0.1, 0.15) is 6.42 Å². The Balaban J connectivity index is 1.49. The number of aryl methyl sites for hydroxylation is 1. The normalized spacial score (nSPS) is 10.1. The molecule has 0 saturated heterocycles. The minimum absolute atomic E-state index is 0.224. The van der Waals surface area contributed by atoms with Crippen LogP contribution in [0, 0.1) is 18.3 Å². The third-order valence-electron chi connectivity index (χ3n) is 4.08. The highest BCUT2D eigenvalue weighted by Gasteiger charge is 2.13. The highest BCUT2D eigenvalue weighted by Crippen LogP contribution is 2.25. The first-order valence-electron chi connectivity index (χ1n) is 9.21. The van der Waals surface area contributed by atoms with Gasteiger partial charge in [-0.3, -0.25) is 14.9 Å². The van der Waals surface area contributed by atoms with E-state index in [0.717, 1.165) is 16.8 Å². The van der Waals surface area contributed by atoms with Crippen molar-refractivity contribution in [2.24, 2.45) is 0 Å². The highest BCUT2D eigenvalue weighted by atomic mass is 32.1. The maximum atomic E-state index is 12.1. The number of anilines is 2. The third kappa shape index (κ3) is 6.22. The number of hydrogen-bond acceptors (Lipinski definition) is 7. The maximum absolute atomic E-state index is 12.1. The summed E-state index contributed by atoms with van der Waals surface area (Å²) in [6.07, 6.45) is -0.259. The lowest BCUT2D eigenvalue weighted by atomic mass is 10.1. The van der Waals surface area contributed by atoms with Crippen LogP contribution in [0.4, 0.5) is 10.8 Å². The summed E-state index contributed by atoms with van der Waals surface area (Å²) in [6, 6.07) is 15.6. The lowest BCUT2D eigenvalue weighted by Gasteiger charge is -2.06. The average molecular weight is 434 g/mol. The van der Waals surface area contributed by atoms with Crippen molar-refractivity contribution in [1.29, 1.82) is 5.26 Å². The van der Waals surface area contributed by atoms with E-state index in [1.165, 1.54) is 35.6 Å². The van der Waals surface area contributed by atoms with Gasteiger partial charge in [0, 0.05) is 16.6 Å². The Morgan fingerprint density at radius 2 is 1.74 bits per heavy atom. The number of amides is 2. The first-order chi connectivity index (χ1) is 14.9. The Morgan fingerprint density at radius 1 is 1.03 bits per heavy atom. The molecule has 31 heavy (non-hydrogen) atoms. The van der Waals surface area contributed by atoms with E-state index in [1.54, 1.807) is 6.07 Å². The second-order valence-electron chi connectivity index (χ2n) is 6.49. The topological polar surface area (TPSA) is 121 Å². The molecular formula is C22H18N4O4S. The number of nitrogens with zero attached hydrogens (tertiary/aromatic N) is 2. The summed E-state index contributed by atoms with van der Waals surface area (Å²) in [7, 11) is 0. The van der Waals surface area contributed by atoms with Crippen LogP contribution in [0.5, 0.6) is 0 Å². The van der Waals surface area contributed by atoms with E-state index >= 15 is 0 Å². The molecule has 0 aliphatic heterocycles. The second-order valence-corrected chi connectivity index (χ2v) is 7.35. The van der Waals surface area contributed by atoms with Crippen LogP contribution in [0.1, 0.15) is 22.3 Å². The Morgan fingerprint density at radius 3 is 2.42 bits per heavy atom. The number of ether oxygens (including phenoxy) is 1. The molecule has 156 valence electrons. The van der Waals surface area contributed by atoms with Crippen LogP contribution in [0.2, 0.25) is 0 Å². The monoisotopic (exact) mass is 434 g/mol. The van der Waals surface area contributed by atoms with Crippen molar-refractivity contribution in [3.63, 3.8) is 0 Å². The largest absolute Gasteiger partial charge is 0.452 e. The number of rotatable bonds is 7. The fourth-order valence-electron chi connectivity index (χ4n) is 2.52. The van der Waals surface area contributed by atoms with Gasteiger partial charge in [-0.2, -0.15) is 5.26 Å². The van der Waals surface area contributed by atoms with Crippen LogP contribution in [0.3, 0.4) is 0 Å². The summed E-state index contributed by atoms with van der Waals surface area (Å²) in [4.78, 5) is 39.9. The highest BCUT2D eigenvalue weighted by molar-refractivity contribution is 7.14. The van der Waals surface area contributed by atoms with Crippen molar-refractivity contribution in [2.45, 2.75) is 13.3 Å². The summed E-state index contributed by atoms with van der Waals surface area (Å²) in [5, 5.41) is 15.9. The van der Waals surface area contributed by atoms with Gasteiger partial charge < -0.3 is 10.1 Å². The summed E-state index contributed by atoms with van der Waals surface area (Å²) in [5.41, 5.74) is 3.51. The van der Waals surface area contributed by atoms with Gasteiger partial charge in [-0.05, 0) is 31.2 Å². The van der Waals surface area contributed by atoms with Gasteiger partial charge in [-0.1, -0.05) is 29.8 Å². The summed E-state index contributed by atoms with van der Waals surface area (Å²) < 4.78 is 5.02. The molecule has 0 aliphatic carbocycles. The molecule has 8 nitrogen and oxygen atoms in total. The molecule has 9 heteroatoms. The molecule has 0 bridgehead atoms. The molecular weight excluding hydrogens is 416 g/mol. The minimum Gasteiger partial charge on any atom is -0.452 e. The lowest BCUT2D eigenvalue weighted by molar-refractivity contribution is -0.119. The standard InChI is InChI=1S/C22H18N4O4S/c1-14-2-4-15(5-3-14)18-13-31-22(25-18)26-20(28)12-30-21(29)16-6-8-17(9-7-16)24-19(27)10-11-23/h2-9,13H,10,12H2,1H3,(H,24,27)(H,25,26,28). The number of carbonyl (C=O) groups is 3. The van der Waals surface area contributed by atoms with E-state index in [2.05, 4.69) is 15.6 Å². The number of esters is 1. The Hall–Kier alpha value is -4.03. The lowest BCUT2D eigenvalue weighted by Crippen LogP contribution is -2.20. The number of carbonyl (C=O) groups excluding carboxylic acids is 3. The minimum atomic E-state index is -0.676. The van der Waals surface area contributed by atoms with E-state index in [4.69, 9.17) is 10.00 Å². The molecule has 3 aromatic rings. The molecule has 0 saturated carbocycles. The molecule has 2 N–H and O–H groups in total. The van der Waals surface area contributed by atoms with Gasteiger partial charge in [0.2, 0.25) is 5.91 Å². The van der Waals surface area contributed by atoms with Crippen molar-refractivity contribution >= 4 is 39.9 Å². The number of nitriles is 1. The van der Waals surface area contributed by atoms with Crippen LogP contribution in [0.25, 0.3) is 11.3 Å². The SMILES string of the molecule is Cc1ccc(-c2csc(NC(=O)COC(=O)c3ccc(NC(=O)CC#N)cc3)n2)cc1. The van der Waals surface area contributed by atoms with Gasteiger partial charge in [-0.15, -0.1) is 11.3 Å². The average Bonchev–Trinajstić information content (AvgIpc) is 3.21. The summed E-state index contributed by atoms with van der Waals surface area (Å²) in [6.45, 7) is 1.54. The molecule has 0 atom stereocenters. The molecule has 0 spiro atoms. The Kier molecular flexibility index (Phi) is 7.09. The molecule has 2 amide bonds. The molecule has 1 aromatic heterocycles. The second kappa shape index (κ2) is 10.1. The number of benzene rings is 2. The van der Waals surface area contributed by atoms with Gasteiger partial charge in [-0.25, -0.2) is 9.78 Å². The van der Waals surface area contributed by atoms with Crippen molar-refractivity contribution in [3.05, 3.63) is 65.0 Å². The predicted molar refractivity (Wildman–Crippen MR) is 117 cm³/mol. The smallest absolute Gasteiger partial charge is 0.338 e. The van der Waals surface area contributed by atoms with Gasteiger partial charge in [0.25, 0.3) is 5.91 Å². The number of hydrogen-bond donors (Lipinski definition) is 2. The Labute approximate surface area is 182 Å². The van der Waals surface area contributed by atoms with Crippen LogP contribution in [-0.2, 0) is 14.3 Å². The molecule has 1 heterocycles. The number of thiazole rings is 1. The van der Waals surface area contributed by atoms with Crippen LogP contribution < -0.4 is 10.6 Å². The van der Waals surface area contributed by atoms with Crippen molar-refractivity contribution in [2.75, 3.05) is 17.2 Å². The van der Waals surface area contributed by atoms with E-state index in [9.17, 15) is 14.4 Å². The molecule has 0 unspecified atom stereocenters. The zero-order valence-corrected chi connectivity index (χ0v) is 17.4. The van der Waals surface area contributed by atoms with Gasteiger partial charge in [0.05, 0.1) is 17.3 Å². The van der Waals surface area contributed by atoms with Crippen LogP contribution >= 0.6 is 11.3 Å². The third-order valence-corrected chi connectivity index (χ3v) is 4.83. The summed E-state index contributed by atoms with van der Waals surface area (Å²) >= 11 is 1.28. The Bertz CT molecular complexity index is 1130. The van der Waals surface area contributed by atoms with E-state index in [1.807, 2.05) is 36.6 Å². The van der Waals surface area contributed by atoms with Crippen LogP contribution in [-0.4, -0.2) is 29.4 Å². The zero-order chi connectivity index (χ0) is 22.2.